The number of rotatable bonds is 3. The third kappa shape index (κ3) is 4.01. The Morgan fingerprint density at radius 2 is 2.14 bits per heavy atom. The number of benzene rings is 1. The lowest BCUT2D eigenvalue weighted by Gasteiger charge is -2.30. The van der Waals surface area contributed by atoms with Gasteiger partial charge in [0.25, 0.3) is 0 Å². The first-order chi connectivity index (χ1) is 9.77. The lowest BCUT2D eigenvalue weighted by atomic mass is 9.98. The van der Waals surface area contributed by atoms with Crippen LogP contribution in [0.5, 0.6) is 0 Å². The van der Waals surface area contributed by atoms with Crippen LogP contribution in [0.4, 0.5) is 10.1 Å². The number of nitrogens with zero attached hydrogens (tertiary/aromatic N) is 1. The maximum atomic E-state index is 13.2. The fraction of sp³-hybridized carbons (Fsp3) is 0.500. The number of nitrogens with one attached hydrogen (secondary N) is 1. The largest absolute Gasteiger partial charge is 0.325 e. The highest BCUT2D eigenvalue weighted by molar-refractivity contribution is 7.88. The van der Waals surface area contributed by atoms with Gasteiger partial charge in [-0.1, -0.05) is 6.07 Å². The average molecular weight is 314 g/mol. The first kappa shape index (κ1) is 15.9. The second-order valence-corrected chi connectivity index (χ2v) is 7.39. The van der Waals surface area contributed by atoms with Crippen molar-refractivity contribution in [2.24, 2.45) is 5.92 Å². The molecule has 7 heteroatoms. The van der Waals surface area contributed by atoms with Gasteiger partial charge in [-0.25, -0.2) is 17.1 Å². The molecule has 0 aliphatic carbocycles. The Morgan fingerprint density at radius 3 is 2.81 bits per heavy atom. The lowest BCUT2D eigenvalue weighted by molar-refractivity contribution is -0.120. The number of halogens is 1. The molecule has 1 aromatic carbocycles. The maximum Gasteiger partial charge on any atom is 0.228 e. The van der Waals surface area contributed by atoms with E-state index in [4.69, 9.17) is 0 Å². The molecule has 0 bridgehead atoms. The van der Waals surface area contributed by atoms with Crippen LogP contribution in [0.2, 0.25) is 0 Å². The molecule has 0 saturated carbocycles. The highest BCUT2D eigenvalue weighted by Gasteiger charge is 2.30. The van der Waals surface area contributed by atoms with Gasteiger partial charge < -0.3 is 5.32 Å². The summed E-state index contributed by atoms with van der Waals surface area (Å²) in [5, 5.41) is 2.69. The summed E-state index contributed by atoms with van der Waals surface area (Å²) in [6.45, 7) is 2.40. The van der Waals surface area contributed by atoms with Crippen LogP contribution in [0.1, 0.15) is 18.4 Å². The van der Waals surface area contributed by atoms with Crippen molar-refractivity contribution in [2.75, 3.05) is 24.7 Å². The molecule has 5 nitrogen and oxygen atoms in total. The van der Waals surface area contributed by atoms with Gasteiger partial charge in [-0.15, -0.1) is 0 Å². The molecular formula is C14H19FN2O3S. The van der Waals surface area contributed by atoms with Gasteiger partial charge in [0.1, 0.15) is 5.82 Å². The normalized spacial score (nSPS) is 20.2. The van der Waals surface area contributed by atoms with Gasteiger partial charge in [-0.3, -0.25) is 4.79 Å². The summed E-state index contributed by atoms with van der Waals surface area (Å²) in [4.78, 5) is 12.2. The van der Waals surface area contributed by atoms with Crippen molar-refractivity contribution < 1.29 is 17.6 Å². The Bertz CT molecular complexity index is 646. The number of aryl methyl sites for hydroxylation is 1. The summed E-state index contributed by atoms with van der Waals surface area (Å²) in [6, 6.07) is 4.19. The fourth-order valence-electron chi connectivity index (χ4n) is 2.42. The lowest BCUT2D eigenvalue weighted by Crippen LogP contribution is -2.43. The predicted octanol–water partition coefficient (Wildman–Crippen LogP) is 1.74. The molecule has 1 saturated heterocycles. The molecule has 1 fully saturated rings. The fourth-order valence-corrected chi connectivity index (χ4v) is 3.33. The van der Waals surface area contributed by atoms with Gasteiger partial charge in [-0.05, 0) is 37.5 Å². The Hall–Kier alpha value is -1.47. The van der Waals surface area contributed by atoms with Crippen molar-refractivity contribution in [2.45, 2.75) is 19.8 Å². The zero-order valence-corrected chi connectivity index (χ0v) is 12.9. The molecule has 116 valence electrons. The molecule has 1 aliphatic rings. The van der Waals surface area contributed by atoms with Gasteiger partial charge in [0, 0.05) is 18.8 Å². The maximum absolute atomic E-state index is 13.2. The van der Waals surface area contributed by atoms with Gasteiger partial charge in [0.2, 0.25) is 15.9 Å². The smallest absolute Gasteiger partial charge is 0.228 e. The highest BCUT2D eigenvalue weighted by Crippen LogP contribution is 2.22. The quantitative estimate of drug-likeness (QED) is 0.924. The molecule has 0 spiro atoms. The number of hydrogen-bond acceptors (Lipinski definition) is 3. The third-order valence-corrected chi connectivity index (χ3v) is 4.95. The van der Waals surface area contributed by atoms with E-state index in [1.807, 2.05) is 0 Å². The van der Waals surface area contributed by atoms with E-state index in [1.54, 1.807) is 13.0 Å². The highest BCUT2D eigenvalue weighted by atomic mass is 32.2. The van der Waals surface area contributed by atoms with E-state index < -0.39 is 21.8 Å². The van der Waals surface area contributed by atoms with Crippen LogP contribution in [0, 0.1) is 18.7 Å². The van der Waals surface area contributed by atoms with E-state index in [1.165, 1.54) is 16.4 Å². The number of anilines is 1. The summed E-state index contributed by atoms with van der Waals surface area (Å²) in [5.41, 5.74) is 1.19. The molecule has 1 atom stereocenters. The SMILES string of the molecule is Cc1ccc(F)cc1NC(=O)C1CCCN(S(C)(=O)=O)C1. The molecule has 21 heavy (non-hydrogen) atoms. The number of carbonyl (C=O) groups is 1. The zero-order valence-electron chi connectivity index (χ0n) is 12.1. The molecule has 1 aliphatic heterocycles. The van der Waals surface area contributed by atoms with E-state index in [0.29, 0.717) is 25.1 Å². The summed E-state index contributed by atoms with van der Waals surface area (Å²) >= 11 is 0. The monoisotopic (exact) mass is 314 g/mol. The number of carbonyl (C=O) groups excluding carboxylic acids is 1. The average Bonchev–Trinajstić information content (AvgIpc) is 2.42. The van der Waals surface area contributed by atoms with E-state index in [0.717, 1.165) is 11.8 Å². The zero-order chi connectivity index (χ0) is 15.6. The van der Waals surface area contributed by atoms with Crippen LogP contribution in [-0.4, -0.2) is 38.0 Å². The Labute approximate surface area is 124 Å². The van der Waals surface area contributed by atoms with Crippen molar-refractivity contribution >= 4 is 21.6 Å². The van der Waals surface area contributed by atoms with Crippen molar-refractivity contribution in [3.63, 3.8) is 0 Å². The third-order valence-electron chi connectivity index (χ3n) is 3.68. The standard InChI is InChI=1S/C14H19FN2O3S/c1-10-5-6-12(15)8-13(10)16-14(18)11-4-3-7-17(9-11)21(2,19)20/h5-6,8,11H,3-4,7,9H2,1-2H3,(H,16,18). The van der Waals surface area contributed by atoms with Crippen LogP contribution in [0.25, 0.3) is 0 Å². The minimum Gasteiger partial charge on any atom is -0.325 e. The van der Waals surface area contributed by atoms with Crippen LogP contribution in [0.3, 0.4) is 0 Å². The molecule has 1 N–H and O–H groups in total. The second-order valence-electron chi connectivity index (χ2n) is 5.41. The van der Waals surface area contributed by atoms with Crippen molar-refractivity contribution in [1.82, 2.24) is 4.31 Å². The minimum absolute atomic E-state index is 0.180. The summed E-state index contributed by atoms with van der Waals surface area (Å²) in [6.07, 6.45) is 2.42. The molecule has 0 aromatic heterocycles. The van der Waals surface area contributed by atoms with Crippen LogP contribution in [-0.2, 0) is 14.8 Å². The van der Waals surface area contributed by atoms with Crippen LogP contribution < -0.4 is 5.32 Å². The number of hydrogen-bond donors (Lipinski definition) is 1. The molecule has 2 rings (SSSR count). The Balaban J connectivity index is 2.08. The number of piperidine rings is 1. The van der Waals surface area contributed by atoms with Crippen LogP contribution >= 0.6 is 0 Å². The molecule has 1 heterocycles. The number of amides is 1. The summed E-state index contributed by atoms with van der Waals surface area (Å²) in [7, 11) is -3.29. The van der Waals surface area contributed by atoms with Gasteiger partial charge >= 0.3 is 0 Å². The van der Waals surface area contributed by atoms with Crippen molar-refractivity contribution in [1.29, 1.82) is 0 Å². The first-order valence-electron chi connectivity index (χ1n) is 6.79. The van der Waals surface area contributed by atoms with E-state index in [-0.39, 0.29) is 12.5 Å². The van der Waals surface area contributed by atoms with E-state index in [9.17, 15) is 17.6 Å². The van der Waals surface area contributed by atoms with E-state index >= 15 is 0 Å². The molecule has 1 amide bonds. The molecule has 1 aromatic rings. The molecular weight excluding hydrogens is 295 g/mol. The minimum atomic E-state index is -3.29. The van der Waals surface area contributed by atoms with Crippen molar-refractivity contribution in [3.05, 3.63) is 29.6 Å². The number of sulfonamides is 1. The van der Waals surface area contributed by atoms with Crippen molar-refractivity contribution in [3.8, 4) is 0 Å². The topological polar surface area (TPSA) is 66.5 Å². The van der Waals surface area contributed by atoms with Gasteiger partial charge in [0.15, 0.2) is 0 Å². The van der Waals surface area contributed by atoms with Crippen LogP contribution in [0.15, 0.2) is 18.2 Å². The summed E-state index contributed by atoms with van der Waals surface area (Å²) in [5.74, 6) is -1.09. The first-order valence-corrected chi connectivity index (χ1v) is 8.64. The predicted molar refractivity (Wildman–Crippen MR) is 78.9 cm³/mol. The summed E-state index contributed by atoms with van der Waals surface area (Å²) < 4.78 is 37.7. The van der Waals surface area contributed by atoms with Gasteiger partial charge in [-0.2, -0.15) is 0 Å². The molecule has 0 radical (unpaired) electrons. The molecule has 1 unspecified atom stereocenters. The Kier molecular flexibility index (Phi) is 4.63. The van der Waals surface area contributed by atoms with E-state index in [2.05, 4.69) is 5.32 Å². The second kappa shape index (κ2) is 6.11. The van der Waals surface area contributed by atoms with Gasteiger partial charge in [0.05, 0.1) is 12.2 Å². The Morgan fingerprint density at radius 1 is 1.43 bits per heavy atom.